The van der Waals surface area contributed by atoms with E-state index in [1.54, 1.807) is 0 Å². The minimum absolute atomic E-state index is 0.388. The summed E-state index contributed by atoms with van der Waals surface area (Å²) in [5.74, 6) is 0.880. The molecule has 0 spiro atoms. The lowest BCUT2D eigenvalue weighted by atomic mass is 9.90. The SMILES string of the molecule is O=CP(=O)(OCC1CCCCC1)OCC1CCCCC1. The van der Waals surface area contributed by atoms with Gasteiger partial charge in [-0.15, -0.1) is 0 Å². The number of hydrogen-bond acceptors (Lipinski definition) is 4. The average molecular weight is 302 g/mol. The molecule has 20 heavy (non-hydrogen) atoms. The van der Waals surface area contributed by atoms with E-state index in [-0.39, 0.29) is 0 Å². The Labute approximate surface area is 122 Å². The quantitative estimate of drug-likeness (QED) is 0.511. The Morgan fingerprint density at radius 1 is 0.800 bits per heavy atom. The van der Waals surface area contributed by atoms with Crippen LogP contribution in [0.25, 0.3) is 0 Å². The van der Waals surface area contributed by atoms with E-state index in [0.29, 0.717) is 31.1 Å². The topological polar surface area (TPSA) is 52.6 Å². The Morgan fingerprint density at radius 3 is 1.55 bits per heavy atom. The van der Waals surface area contributed by atoms with Crippen molar-refractivity contribution < 1.29 is 18.4 Å². The summed E-state index contributed by atoms with van der Waals surface area (Å²) in [5.41, 5.74) is 0. The smallest absolute Gasteiger partial charge is 0.303 e. The second-order valence-electron chi connectivity index (χ2n) is 6.24. The fourth-order valence-corrected chi connectivity index (χ4v) is 4.26. The molecule has 2 aliphatic carbocycles. The first kappa shape index (κ1) is 16.2. The normalized spacial score (nSPS) is 22.8. The van der Waals surface area contributed by atoms with Crippen LogP contribution in [-0.4, -0.2) is 19.2 Å². The van der Waals surface area contributed by atoms with Crippen LogP contribution in [-0.2, 0) is 18.4 Å². The first-order chi connectivity index (χ1) is 9.72. The van der Waals surface area contributed by atoms with Gasteiger partial charge >= 0.3 is 7.60 Å². The lowest BCUT2D eigenvalue weighted by Crippen LogP contribution is -2.16. The highest BCUT2D eigenvalue weighted by molar-refractivity contribution is 7.69. The largest absolute Gasteiger partial charge is 0.393 e. The van der Waals surface area contributed by atoms with E-state index in [1.807, 2.05) is 0 Å². The molecule has 5 heteroatoms. The zero-order valence-electron chi connectivity index (χ0n) is 12.3. The van der Waals surface area contributed by atoms with Crippen molar-refractivity contribution in [3.05, 3.63) is 0 Å². The third kappa shape index (κ3) is 5.31. The molecule has 0 radical (unpaired) electrons. The lowest BCUT2D eigenvalue weighted by molar-refractivity contribution is 0.144. The number of carbonyl (C=O) groups excluding carboxylic acids is 1. The van der Waals surface area contributed by atoms with Crippen LogP contribution in [0.15, 0.2) is 0 Å². The van der Waals surface area contributed by atoms with E-state index in [2.05, 4.69) is 0 Å². The van der Waals surface area contributed by atoms with Crippen LogP contribution in [0.1, 0.15) is 64.2 Å². The molecule has 0 aromatic heterocycles. The van der Waals surface area contributed by atoms with E-state index in [0.717, 1.165) is 25.7 Å². The fourth-order valence-electron chi connectivity index (χ4n) is 3.22. The minimum Gasteiger partial charge on any atom is -0.303 e. The van der Waals surface area contributed by atoms with E-state index >= 15 is 0 Å². The Kier molecular flexibility index (Phi) is 6.73. The first-order valence-corrected chi connectivity index (χ1v) is 9.68. The van der Waals surface area contributed by atoms with Gasteiger partial charge in [-0.1, -0.05) is 38.5 Å². The summed E-state index contributed by atoms with van der Waals surface area (Å²) in [6.07, 6.45) is 11.8. The second kappa shape index (κ2) is 8.31. The molecule has 0 aromatic carbocycles. The van der Waals surface area contributed by atoms with Gasteiger partial charge in [0.1, 0.15) is 0 Å². The zero-order valence-corrected chi connectivity index (χ0v) is 13.2. The predicted molar refractivity (Wildman–Crippen MR) is 79.4 cm³/mol. The Hall–Kier alpha value is -0.180. The summed E-state index contributed by atoms with van der Waals surface area (Å²) in [6, 6.07) is 0.388. The van der Waals surface area contributed by atoms with Gasteiger partial charge in [0.25, 0.3) is 0 Å². The maximum atomic E-state index is 12.3. The molecule has 116 valence electrons. The lowest BCUT2D eigenvalue weighted by Gasteiger charge is -2.25. The van der Waals surface area contributed by atoms with Crippen LogP contribution in [0, 0.1) is 11.8 Å². The van der Waals surface area contributed by atoms with E-state index < -0.39 is 7.60 Å². The van der Waals surface area contributed by atoms with Gasteiger partial charge in [-0.25, -0.2) is 0 Å². The molecule has 2 fully saturated rings. The maximum Gasteiger partial charge on any atom is 0.393 e. The summed E-state index contributed by atoms with van der Waals surface area (Å²) in [7, 11) is -3.51. The van der Waals surface area contributed by atoms with Gasteiger partial charge in [-0.2, -0.15) is 0 Å². The van der Waals surface area contributed by atoms with Crippen molar-refractivity contribution in [1.29, 1.82) is 0 Å². The second-order valence-corrected chi connectivity index (χ2v) is 8.05. The fraction of sp³-hybridized carbons (Fsp3) is 0.933. The molecule has 4 nitrogen and oxygen atoms in total. The van der Waals surface area contributed by atoms with Crippen molar-refractivity contribution >= 4 is 13.6 Å². The van der Waals surface area contributed by atoms with Crippen LogP contribution in [0.3, 0.4) is 0 Å². The molecule has 0 N–H and O–H groups in total. The molecular weight excluding hydrogens is 275 g/mol. The summed E-state index contributed by atoms with van der Waals surface area (Å²) in [6.45, 7) is 0.807. The monoisotopic (exact) mass is 302 g/mol. The predicted octanol–water partition coefficient (Wildman–Crippen LogP) is 4.56. The van der Waals surface area contributed by atoms with Crippen LogP contribution in [0.5, 0.6) is 0 Å². The number of carbonyl (C=O) groups is 1. The summed E-state index contributed by atoms with van der Waals surface area (Å²) < 4.78 is 23.0. The van der Waals surface area contributed by atoms with E-state index in [9.17, 15) is 9.36 Å². The summed E-state index contributed by atoms with van der Waals surface area (Å²) in [4.78, 5) is 11.1. The van der Waals surface area contributed by atoms with Gasteiger partial charge in [0, 0.05) is 0 Å². The Morgan fingerprint density at radius 2 is 1.20 bits per heavy atom. The molecular formula is C15H27O4P. The standard InChI is InChI=1S/C15H27O4P/c16-13-20(17,18-11-14-7-3-1-4-8-14)19-12-15-9-5-2-6-10-15/h13-15H,1-12H2. The van der Waals surface area contributed by atoms with Crippen LogP contribution in [0.4, 0.5) is 0 Å². The van der Waals surface area contributed by atoms with Crippen LogP contribution >= 0.6 is 7.60 Å². The van der Waals surface area contributed by atoms with Gasteiger partial charge in [-0.3, -0.25) is 9.36 Å². The van der Waals surface area contributed by atoms with Crippen molar-refractivity contribution in [3.8, 4) is 0 Å². The molecule has 2 rings (SSSR count). The molecule has 0 amide bonds. The highest BCUT2D eigenvalue weighted by Gasteiger charge is 2.28. The number of hydrogen-bond donors (Lipinski definition) is 0. The Balaban J connectivity index is 1.72. The van der Waals surface area contributed by atoms with Gasteiger partial charge in [0.2, 0.25) is 6.03 Å². The van der Waals surface area contributed by atoms with E-state index in [1.165, 1.54) is 38.5 Å². The van der Waals surface area contributed by atoms with Crippen molar-refractivity contribution in [3.63, 3.8) is 0 Å². The van der Waals surface area contributed by atoms with Gasteiger partial charge in [0.05, 0.1) is 13.2 Å². The Bertz CT molecular complexity index is 307. The molecule has 0 saturated heterocycles. The molecule has 0 bridgehead atoms. The summed E-state index contributed by atoms with van der Waals surface area (Å²) in [5, 5.41) is 0. The van der Waals surface area contributed by atoms with Crippen LogP contribution in [0.2, 0.25) is 0 Å². The minimum atomic E-state index is -3.51. The van der Waals surface area contributed by atoms with Crippen molar-refractivity contribution in [2.75, 3.05) is 13.2 Å². The molecule has 0 atom stereocenters. The summed E-state index contributed by atoms with van der Waals surface area (Å²) >= 11 is 0. The van der Waals surface area contributed by atoms with E-state index in [4.69, 9.17) is 9.05 Å². The molecule has 0 aromatic rings. The third-order valence-electron chi connectivity index (χ3n) is 4.56. The van der Waals surface area contributed by atoms with Crippen LogP contribution < -0.4 is 0 Å². The van der Waals surface area contributed by atoms with Crippen molar-refractivity contribution in [1.82, 2.24) is 0 Å². The highest BCUT2D eigenvalue weighted by Crippen LogP contribution is 2.47. The highest BCUT2D eigenvalue weighted by atomic mass is 31.2. The molecule has 2 saturated carbocycles. The first-order valence-electron chi connectivity index (χ1n) is 8.07. The molecule has 0 aliphatic heterocycles. The third-order valence-corrected chi connectivity index (χ3v) is 5.84. The van der Waals surface area contributed by atoms with Gasteiger partial charge in [-0.05, 0) is 37.5 Å². The number of rotatable bonds is 7. The molecule has 0 unspecified atom stereocenters. The average Bonchev–Trinajstić information content (AvgIpc) is 2.53. The zero-order chi connectivity index (χ0) is 14.3. The van der Waals surface area contributed by atoms with Crippen molar-refractivity contribution in [2.24, 2.45) is 11.8 Å². The van der Waals surface area contributed by atoms with Gasteiger partial charge < -0.3 is 9.05 Å². The molecule has 2 aliphatic rings. The van der Waals surface area contributed by atoms with Gasteiger partial charge in [0.15, 0.2) is 0 Å². The molecule has 0 heterocycles. The van der Waals surface area contributed by atoms with Crippen molar-refractivity contribution in [2.45, 2.75) is 64.2 Å². The maximum absolute atomic E-state index is 12.3.